The number of aliphatic carboxylic acids is 1. The van der Waals surface area contributed by atoms with Crippen molar-refractivity contribution < 1.29 is 9.90 Å². The maximum atomic E-state index is 10.9. The molecule has 1 heterocycles. The van der Waals surface area contributed by atoms with E-state index in [1.807, 2.05) is 0 Å². The molecule has 4 heteroatoms. The fourth-order valence-corrected chi connectivity index (χ4v) is 2.51. The molecule has 0 aromatic rings. The van der Waals surface area contributed by atoms with Crippen molar-refractivity contribution in [3.8, 4) is 0 Å². The van der Waals surface area contributed by atoms with Gasteiger partial charge in [-0.25, -0.2) is 0 Å². The number of fused-ring (bicyclic) bond motifs is 1. The van der Waals surface area contributed by atoms with Crippen molar-refractivity contribution in [2.75, 3.05) is 13.1 Å². The molecule has 4 nitrogen and oxygen atoms in total. The highest BCUT2D eigenvalue weighted by Crippen LogP contribution is 2.40. The molecule has 1 saturated heterocycles. The average molecular weight is 170 g/mol. The lowest BCUT2D eigenvalue weighted by Crippen LogP contribution is -2.52. The van der Waals surface area contributed by atoms with Crippen LogP contribution in [0.5, 0.6) is 0 Å². The molecule has 0 aromatic heterocycles. The Kier molecular flexibility index (Phi) is 1.63. The van der Waals surface area contributed by atoms with Crippen LogP contribution in [0.4, 0.5) is 0 Å². The number of carboxylic acid groups (broad SMARTS) is 1. The molecule has 1 aliphatic carbocycles. The summed E-state index contributed by atoms with van der Waals surface area (Å²) in [5, 5.41) is 12.2. The zero-order valence-electron chi connectivity index (χ0n) is 6.92. The van der Waals surface area contributed by atoms with Gasteiger partial charge in [0.1, 0.15) is 5.54 Å². The van der Waals surface area contributed by atoms with Crippen LogP contribution < -0.4 is 11.1 Å². The zero-order valence-corrected chi connectivity index (χ0v) is 6.92. The van der Waals surface area contributed by atoms with Crippen molar-refractivity contribution in [1.29, 1.82) is 0 Å². The van der Waals surface area contributed by atoms with Crippen LogP contribution in [0.3, 0.4) is 0 Å². The van der Waals surface area contributed by atoms with Gasteiger partial charge in [-0.1, -0.05) is 0 Å². The van der Waals surface area contributed by atoms with E-state index >= 15 is 0 Å². The summed E-state index contributed by atoms with van der Waals surface area (Å²) in [6.45, 7) is 1.71. The summed E-state index contributed by atoms with van der Waals surface area (Å²) in [6.07, 6.45) is 1.60. The van der Waals surface area contributed by atoms with Crippen LogP contribution in [0.25, 0.3) is 0 Å². The molecule has 0 radical (unpaired) electrons. The summed E-state index contributed by atoms with van der Waals surface area (Å²) < 4.78 is 0. The Bertz CT molecular complexity index is 219. The van der Waals surface area contributed by atoms with E-state index in [9.17, 15) is 4.79 Å². The monoisotopic (exact) mass is 170 g/mol. The first-order valence-corrected chi connectivity index (χ1v) is 4.37. The van der Waals surface area contributed by atoms with Crippen molar-refractivity contribution in [2.45, 2.75) is 18.4 Å². The minimum absolute atomic E-state index is 0.148. The first-order chi connectivity index (χ1) is 5.64. The molecular weight excluding hydrogens is 156 g/mol. The number of hydrogen-bond acceptors (Lipinski definition) is 3. The number of nitrogens with two attached hydrogens (primary N) is 1. The second kappa shape index (κ2) is 2.44. The number of rotatable bonds is 1. The summed E-state index contributed by atoms with van der Waals surface area (Å²) in [6, 6.07) is 0. The summed E-state index contributed by atoms with van der Waals surface area (Å²) in [5.74, 6) is -0.195. The summed E-state index contributed by atoms with van der Waals surface area (Å²) in [7, 11) is 0. The molecule has 0 bridgehead atoms. The smallest absolute Gasteiger partial charge is 0.324 e. The van der Waals surface area contributed by atoms with Crippen LogP contribution in [0, 0.1) is 11.8 Å². The van der Waals surface area contributed by atoms with Crippen LogP contribution in [0.15, 0.2) is 0 Å². The Hall–Kier alpha value is -0.610. The van der Waals surface area contributed by atoms with Crippen LogP contribution in [-0.4, -0.2) is 29.7 Å². The van der Waals surface area contributed by atoms with E-state index in [0.717, 1.165) is 19.5 Å². The molecule has 0 aromatic carbocycles. The fourth-order valence-electron chi connectivity index (χ4n) is 2.51. The molecule has 2 rings (SSSR count). The Morgan fingerprint density at radius 3 is 3.00 bits per heavy atom. The molecule has 68 valence electrons. The maximum Gasteiger partial charge on any atom is 0.324 e. The van der Waals surface area contributed by atoms with Gasteiger partial charge < -0.3 is 16.2 Å². The van der Waals surface area contributed by atoms with E-state index < -0.39 is 11.5 Å². The number of carboxylic acids is 1. The van der Waals surface area contributed by atoms with Crippen LogP contribution in [-0.2, 0) is 4.79 Å². The SMILES string of the molecule is N[C@]1(C(=O)O)CC[C@@H]2CNC[C@@H]21. The third kappa shape index (κ3) is 0.881. The normalized spacial score (nSPS) is 46.1. The quantitative estimate of drug-likeness (QED) is 0.491. The number of carbonyl (C=O) groups is 1. The van der Waals surface area contributed by atoms with Gasteiger partial charge in [-0.15, -0.1) is 0 Å². The van der Waals surface area contributed by atoms with Crippen molar-refractivity contribution in [3.05, 3.63) is 0 Å². The topological polar surface area (TPSA) is 75.4 Å². The van der Waals surface area contributed by atoms with Gasteiger partial charge in [0, 0.05) is 12.5 Å². The lowest BCUT2D eigenvalue weighted by Gasteiger charge is -2.25. The molecule has 2 fully saturated rings. The highest BCUT2D eigenvalue weighted by Gasteiger charge is 2.52. The molecule has 1 saturated carbocycles. The predicted molar refractivity (Wildman–Crippen MR) is 43.6 cm³/mol. The van der Waals surface area contributed by atoms with Crippen LogP contribution >= 0.6 is 0 Å². The van der Waals surface area contributed by atoms with E-state index in [1.54, 1.807) is 0 Å². The van der Waals surface area contributed by atoms with Crippen LogP contribution in [0.1, 0.15) is 12.8 Å². The maximum absolute atomic E-state index is 10.9. The van der Waals surface area contributed by atoms with E-state index in [0.29, 0.717) is 12.3 Å². The highest BCUT2D eigenvalue weighted by atomic mass is 16.4. The Morgan fingerprint density at radius 2 is 2.33 bits per heavy atom. The third-order valence-corrected chi connectivity index (χ3v) is 3.33. The van der Waals surface area contributed by atoms with Gasteiger partial charge in [-0.2, -0.15) is 0 Å². The van der Waals surface area contributed by atoms with Crippen molar-refractivity contribution in [3.63, 3.8) is 0 Å². The predicted octanol–water partition coefficient (Wildman–Crippen LogP) is -0.602. The van der Waals surface area contributed by atoms with Gasteiger partial charge in [0.05, 0.1) is 0 Å². The van der Waals surface area contributed by atoms with Gasteiger partial charge in [0.25, 0.3) is 0 Å². The minimum Gasteiger partial charge on any atom is -0.480 e. The lowest BCUT2D eigenvalue weighted by molar-refractivity contribution is -0.144. The molecule has 2 aliphatic rings. The summed E-state index contributed by atoms with van der Waals surface area (Å²) in [5.41, 5.74) is 4.90. The molecule has 12 heavy (non-hydrogen) atoms. The molecule has 3 atom stereocenters. The molecule has 0 spiro atoms. The highest BCUT2D eigenvalue weighted by molar-refractivity contribution is 5.79. The number of nitrogens with one attached hydrogen (secondary N) is 1. The molecule has 0 amide bonds. The Labute approximate surface area is 71.1 Å². The van der Waals surface area contributed by atoms with E-state index in [-0.39, 0.29) is 5.92 Å². The van der Waals surface area contributed by atoms with Crippen molar-refractivity contribution >= 4 is 5.97 Å². The zero-order chi connectivity index (χ0) is 8.77. The van der Waals surface area contributed by atoms with E-state index in [4.69, 9.17) is 10.8 Å². The van der Waals surface area contributed by atoms with Gasteiger partial charge in [-0.05, 0) is 25.3 Å². The van der Waals surface area contributed by atoms with Crippen LogP contribution in [0.2, 0.25) is 0 Å². The van der Waals surface area contributed by atoms with Gasteiger partial charge in [0.15, 0.2) is 0 Å². The molecule has 1 aliphatic heterocycles. The average Bonchev–Trinajstić information content (AvgIpc) is 2.54. The van der Waals surface area contributed by atoms with E-state index in [1.165, 1.54) is 0 Å². The first kappa shape index (κ1) is 8.01. The Morgan fingerprint density at radius 1 is 1.58 bits per heavy atom. The molecular formula is C8H14N2O2. The molecule has 4 N–H and O–H groups in total. The van der Waals surface area contributed by atoms with Crippen molar-refractivity contribution in [2.24, 2.45) is 17.6 Å². The summed E-state index contributed by atoms with van der Waals surface area (Å²) >= 11 is 0. The second-order valence-corrected chi connectivity index (χ2v) is 3.91. The molecule has 0 unspecified atom stereocenters. The first-order valence-electron chi connectivity index (χ1n) is 4.37. The number of hydrogen-bond donors (Lipinski definition) is 3. The van der Waals surface area contributed by atoms with Gasteiger partial charge in [0.2, 0.25) is 0 Å². The van der Waals surface area contributed by atoms with Gasteiger partial charge >= 0.3 is 5.97 Å². The standard InChI is InChI=1S/C8H14N2O2/c9-8(7(11)12)2-1-5-3-10-4-6(5)8/h5-6,10H,1-4,9H2,(H,11,12)/t5-,6+,8-/m1/s1. The van der Waals surface area contributed by atoms with Gasteiger partial charge in [-0.3, -0.25) is 4.79 Å². The minimum atomic E-state index is -0.950. The largest absolute Gasteiger partial charge is 0.480 e. The third-order valence-electron chi connectivity index (χ3n) is 3.33. The summed E-state index contributed by atoms with van der Waals surface area (Å²) in [4.78, 5) is 10.9. The Balaban J connectivity index is 2.22. The second-order valence-electron chi connectivity index (χ2n) is 3.91. The fraction of sp³-hybridized carbons (Fsp3) is 0.875. The van der Waals surface area contributed by atoms with Crippen molar-refractivity contribution in [1.82, 2.24) is 5.32 Å². The lowest BCUT2D eigenvalue weighted by atomic mass is 9.86. The van der Waals surface area contributed by atoms with E-state index in [2.05, 4.69) is 5.32 Å².